The van der Waals surface area contributed by atoms with Gasteiger partial charge in [0.2, 0.25) is 10.0 Å². The van der Waals surface area contributed by atoms with Gasteiger partial charge in [-0.25, -0.2) is 21.6 Å². The number of sulfonamides is 1. The molecule has 1 atom stereocenters. The fourth-order valence-electron chi connectivity index (χ4n) is 3.51. The summed E-state index contributed by atoms with van der Waals surface area (Å²) in [6.07, 6.45) is 1.11. The van der Waals surface area contributed by atoms with Crippen molar-refractivity contribution in [1.29, 1.82) is 0 Å². The molecule has 0 radical (unpaired) electrons. The van der Waals surface area contributed by atoms with E-state index >= 15 is 0 Å². The number of nitrogens with one attached hydrogen (secondary N) is 1. The molecule has 0 aliphatic rings. The lowest BCUT2D eigenvalue weighted by Crippen LogP contribution is -2.26. The molecule has 178 valence electrons. The Labute approximate surface area is 206 Å². The highest BCUT2D eigenvalue weighted by Gasteiger charge is 2.20. The molecule has 1 N–H and O–H groups in total. The van der Waals surface area contributed by atoms with E-state index in [2.05, 4.69) is 4.72 Å². The third-order valence-electron chi connectivity index (χ3n) is 5.34. The van der Waals surface area contributed by atoms with E-state index in [1.165, 1.54) is 24.3 Å². The molecule has 1 aromatic heterocycles. The summed E-state index contributed by atoms with van der Waals surface area (Å²) in [5.74, 6) is 0. The van der Waals surface area contributed by atoms with E-state index in [-0.39, 0.29) is 14.7 Å². The second-order valence-electron chi connectivity index (χ2n) is 7.89. The normalized spacial score (nSPS) is 13.3. The quantitative estimate of drug-likeness (QED) is 0.381. The molecular formula is C23H21ClN2O5S3. The Morgan fingerprint density at radius 1 is 0.941 bits per heavy atom. The van der Waals surface area contributed by atoms with Crippen LogP contribution in [0.1, 0.15) is 24.1 Å². The van der Waals surface area contributed by atoms with E-state index < -0.39 is 25.9 Å². The minimum atomic E-state index is -3.89. The molecule has 0 amide bonds. The van der Waals surface area contributed by atoms with Crippen LogP contribution in [0.3, 0.4) is 0 Å². The largest absolute Gasteiger partial charge is 0.308 e. The van der Waals surface area contributed by atoms with Gasteiger partial charge in [0.1, 0.15) is 0 Å². The molecule has 0 fully saturated rings. The Balaban J connectivity index is 1.59. The predicted octanol–water partition coefficient (Wildman–Crippen LogP) is 4.21. The molecule has 0 bridgehead atoms. The van der Waals surface area contributed by atoms with Crippen LogP contribution in [0.2, 0.25) is 5.02 Å². The Bertz CT molecular complexity index is 1620. The molecule has 0 saturated carbocycles. The summed E-state index contributed by atoms with van der Waals surface area (Å²) in [4.78, 5) is 12.6. The van der Waals surface area contributed by atoms with Gasteiger partial charge < -0.3 is 0 Å². The first-order valence-electron chi connectivity index (χ1n) is 10.1. The average molecular weight is 537 g/mol. The first kappa shape index (κ1) is 24.6. The lowest BCUT2D eigenvalue weighted by molar-refractivity contribution is 0.566. The number of aromatic nitrogens is 1. The number of fused-ring (bicyclic) bond motifs is 1. The van der Waals surface area contributed by atoms with Crippen molar-refractivity contribution in [3.8, 4) is 0 Å². The summed E-state index contributed by atoms with van der Waals surface area (Å²) >= 11 is 6.91. The van der Waals surface area contributed by atoms with Crippen molar-refractivity contribution in [2.24, 2.45) is 0 Å². The Morgan fingerprint density at radius 3 is 2.18 bits per heavy atom. The van der Waals surface area contributed by atoms with Crippen LogP contribution in [-0.4, -0.2) is 27.7 Å². The standard InChI is InChI=1S/C23H21ClN2O5S3/c1-15(17-5-9-19(10-6-17)33(2,28)29)25-34(30,31)20-11-12-21-22(13-20)32-23(27)26(21)14-16-3-7-18(24)8-4-16/h3-13,15,25H,14H2,1-2H3. The van der Waals surface area contributed by atoms with Crippen molar-refractivity contribution < 1.29 is 16.8 Å². The van der Waals surface area contributed by atoms with Crippen molar-refractivity contribution in [2.45, 2.75) is 29.3 Å². The van der Waals surface area contributed by atoms with Gasteiger partial charge in [-0.3, -0.25) is 9.36 Å². The van der Waals surface area contributed by atoms with Crippen LogP contribution in [0.4, 0.5) is 0 Å². The summed E-state index contributed by atoms with van der Waals surface area (Å²) < 4.78 is 54.0. The summed E-state index contributed by atoms with van der Waals surface area (Å²) in [7, 11) is -7.23. The molecule has 1 heterocycles. The number of hydrogen-bond acceptors (Lipinski definition) is 6. The lowest BCUT2D eigenvalue weighted by Gasteiger charge is -2.15. The van der Waals surface area contributed by atoms with Crippen LogP contribution in [0.15, 0.2) is 81.3 Å². The highest BCUT2D eigenvalue weighted by Crippen LogP contribution is 2.25. The van der Waals surface area contributed by atoms with Gasteiger partial charge in [-0.15, -0.1) is 0 Å². The summed E-state index contributed by atoms with van der Waals surface area (Å²) in [5, 5.41) is 0.606. The second-order valence-corrected chi connectivity index (χ2v) is 13.1. The molecule has 1 unspecified atom stereocenters. The molecule has 0 aliphatic carbocycles. The molecule has 0 saturated heterocycles. The smallest absolute Gasteiger partial charge is 0.294 e. The minimum absolute atomic E-state index is 0.0412. The number of rotatable bonds is 7. The second kappa shape index (κ2) is 9.27. The van der Waals surface area contributed by atoms with Gasteiger partial charge in [-0.1, -0.05) is 47.2 Å². The Kier molecular flexibility index (Phi) is 6.71. The number of sulfone groups is 1. The van der Waals surface area contributed by atoms with Gasteiger partial charge in [0.05, 0.1) is 26.6 Å². The molecular weight excluding hydrogens is 516 g/mol. The molecule has 34 heavy (non-hydrogen) atoms. The number of halogens is 1. The number of thiazole rings is 1. The van der Waals surface area contributed by atoms with E-state index in [0.29, 0.717) is 27.3 Å². The maximum Gasteiger partial charge on any atom is 0.308 e. The Hall–Kier alpha value is -2.50. The average Bonchev–Trinajstić information content (AvgIpc) is 3.08. The van der Waals surface area contributed by atoms with Gasteiger partial charge in [0.15, 0.2) is 9.84 Å². The molecule has 3 aromatic carbocycles. The Morgan fingerprint density at radius 2 is 1.56 bits per heavy atom. The minimum Gasteiger partial charge on any atom is -0.294 e. The van der Waals surface area contributed by atoms with Crippen molar-refractivity contribution in [2.75, 3.05) is 6.26 Å². The van der Waals surface area contributed by atoms with Crippen LogP contribution in [0.5, 0.6) is 0 Å². The molecule has 0 aliphatic heterocycles. The zero-order chi connectivity index (χ0) is 24.7. The van der Waals surface area contributed by atoms with Crippen molar-refractivity contribution in [3.05, 3.63) is 92.5 Å². The van der Waals surface area contributed by atoms with Gasteiger partial charge in [-0.2, -0.15) is 0 Å². The SMILES string of the molecule is CC(NS(=O)(=O)c1ccc2c(c1)sc(=O)n2Cc1ccc(Cl)cc1)c1ccc(S(C)(=O)=O)cc1. The molecule has 4 rings (SSSR count). The summed E-state index contributed by atoms with van der Waals surface area (Å²) in [5.41, 5.74) is 2.17. The fraction of sp³-hybridized carbons (Fsp3) is 0.174. The van der Waals surface area contributed by atoms with Crippen LogP contribution in [0.25, 0.3) is 10.2 Å². The zero-order valence-electron chi connectivity index (χ0n) is 18.2. The zero-order valence-corrected chi connectivity index (χ0v) is 21.4. The van der Waals surface area contributed by atoms with E-state index in [4.69, 9.17) is 11.6 Å². The van der Waals surface area contributed by atoms with E-state index in [1.807, 2.05) is 12.1 Å². The third-order valence-corrected chi connectivity index (χ3v) is 9.20. The van der Waals surface area contributed by atoms with E-state index in [1.54, 1.807) is 41.8 Å². The first-order valence-corrected chi connectivity index (χ1v) is 14.7. The first-order chi connectivity index (χ1) is 15.9. The van der Waals surface area contributed by atoms with Gasteiger partial charge in [0.25, 0.3) is 0 Å². The van der Waals surface area contributed by atoms with Crippen LogP contribution >= 0.6 is 22.9 Å². The maximum absolute atomic E-state index is 13.0. The lowest BCUT2D eigenvalue weighted by atomic mass is 10.1. The van der Waals surface area contributed by atoms with Crippen LogP contribution in [0, 0.1) is 0 Å². The van der Waals surface area contributed by atoms with Crippen molar-refractivity contribution >= 4 is 53.0 Å². The van der Waals surface area contributed by atoms with Crippen molar-refractivity contribution in [3.63, 3.8) is 0 Å². The predicted molar refractivity (Wildman–Crippen MR) is 135 cm³/mol. The van der Waals surface area contributed by atoms with Crippen molar-refractivity contribution in [1.82, 2.24) is 9.29 Å². The monoisotopic (exact) mass is 536 g/mol. The maximum atomic E-state index is 13.0. The topological polar surface area (TPSA) is 102 Å². The highest BCUT2D eigenvalue weighted by atomic mass is 35.5. The third kappa shape index (κ3) is 5.26. The number of nitrogens with zero attached hydrogens (tertiary/aromatic N) is 1. The summed E-state index contributed by atoms with van der Waals surface area (Å²) in [6.45, 7) is 2.02. The van der Waals surface area contributed by atoms with Gasteiger partial charge >= 0.3 is 4.87 Å². The van der Waals surface area contributed by atoms with Crippen LogP contribution in [-0.2, 0) is 26.4 Å². The van der Waals surface area contributed by atoms with E-state index in [0.717, 1.165) is 23.2 Å². The fourth-order valence-corrected chi connectivity index (χ4v) is 6.53. The molecule has 0 spiro atoms. The van der Waals surface area contributed by atoms with Gasteiger partial charge in [0, 0.05) is 17.3 Å². The van der Waals surface area contributed by atoms with Gasteiger partial charge in [-0.05, 0) is 60.5 Å². The van der Waals surface area contributed by atoms with E-state index in [9.17, 15) is 21.6 Å². The highest BCUT2D eigenvalue weighted by molar-refractivity contribution is 7.90. The number of benzene rings is 3. The van der Waals surface area contributed by atoms with Crippen LogP contribution < -0.4 is 9.60 Å². The molecule has 11 heteroatoms. The molecule has 4 aromatic rings. The molecule has 7 nitrogen and oxygen atoms in total. The summed E-state index contributed by atoms with van der Waals surface area (Å²) in [6, 6.07) is 17.2. The number of hydrogen-bond donors (Lipinski definition) is 1.